The Morgan fingerprint density at radius 1 is 1.40 bits per heavy atom. The van der Waals surface area contributed by atoms with Crippen LogP contribution in [0, 0.1) is 18.3 Å². The molecule has 0 spiro atoms. The number of anilines is 1. The van der Waals surface area contributed by atoms with E-state index in [0.717, 1.165) is 35.8 Å². The summed E-state index contributed by atoms with van der Waals surface area (Å²) in [5, 5.41) is 10.3. The third-order valence-electron chi connectivity index (χ3n) is 3.84. The number of nitrogens with zero attached hydrogens (tertiary/aromatic N) is 4. The van der Waals surface area contributed by atoms with Gasteiger partial charge in [-0.1, -0.05) is 0 Å². The summed E-state index contributed by atoms with van der Waals surface area (Å²) in [7, 11) is 0. The lowest BCUT2D eigenvalue weighted by Crippen LogP contribution is -2.34. The van der Waals surface area contributed by atoms with E-state index in [1.807, 2.05) is 19.3 Å². The molecule has 2 aromatic heterocycles. The van der Waals surface area contributed by atoms with Crippen molar-refractivity contribution in [1.82, 2.24) is 9.36 Å². The normalized spacial score (nSPS) is 18.8. The Morgan fingerprint density at radius 3 is 2.95 bits per heavy atom. The molecule has 1 aliphatic heterocycles. The highest BCUT2D eigenvalue weighted by Crippen LogP contribution is 2.34. The minimum Gasteiger partial charge on any atom is -0.360 e. The molecular weight excluding hydrogens is 268 g/mol. The van der Waals surface area contributed by atoms with Crippen molar-refractivity contribution in [2.24, 2.45) is 0 Å². The molecule has 0 saturated carbocycles. The van der Waals surface area contributed by atoms with Crippen molar-refractivity contribution in [2.45, 2.75) is 25.7 Å². The highest BCUT2D eigenvalue weighted by molar-refractivity contribution is 7.10. The van der Waals surface area contributed by atoms with Crippen LogP contribution in [-0.4, -0.2) is 22.4 Å². The van der Waals surface area contributed by atoms with Crippen molar-refractivity contribution < 1.29 is 0 Å². The largest absolute Gasteiger partial charge is 0.360 e. The first-order valence-electron chi connectivity index (χ1n) is 6.81. The standard InChI is InChI=1S/C15H16N4S/c1-11-14(9-16)15(20-18-11)19-8-2-3-13(10-19)12-4-6-17-7-5-12/h4-7,13H,2-3,8,10H2,1H3. The fourth-order valence-electron chi connectivity index (χ4n) is 2.77. The van der Waals surface area contributed by atoms with Crippen LogP contribution in [0.5, 0.6) is 0 Å². The zero-order valence-corrected chi connectivity index (χ0v) is 12.2. The summed E-state index contributed by atoms with van der Waals surface area (Å²) in [4.78, 5) is 6.40. The number of pyridine rings is 1. The molecule has 20 heavy (non-hydrogen) atoms. The molecule has 0 N–H and O–H groups in total. The van der Waals surface area contributed by atoms with Crippen molar-refractivity contribution in [1.29, 1.82) is 5.26 Å². The van der Waals surface area contributed by atoms with Crippen LogP contribution in [0.2, 0.25) is 0 Å². The monoisotopic (exact) mass is 284 g/mol. The van der Waals surface area contributed by atoms with Gasteiger partial charge in [-0.2, -0.15) is 9.64 Å². The summed E-state index contributed by atoms with van der Waals surface area (Å²) in [5.41, 5.74) is 2.92. The summed E-state index contributed by atoms with van der Waals surface area (Å²) in [5.74, 6) is 0.515. The lowest BCUT2D eigenvalue weighted by Gasteiger charge is -2.33. The predicted octanol–water partition coefficient (Wildman–Crippen LogP) is 3.10. The van der Waals surface area contributed by atoms with E-state index in [0.29, 0.717) is 5.92 Å². The van der Waals surface area contributed by atoms with E-state index in [4.69, 9.17) is 0 Å². The number of aromatic nitrogens is 2. The molecule has 0 bridgehead atoms. The fourth-order valence-corrected chi connectivity index (χ4v) is 3.65. The van der Waals surface area contributed by atoms with Crippen molar-refractivity contribution in [3.63, 3.8) is 0 Å². The van der Waals surface area contributed by atoms with Crippen molar-refractivity contribution >= 4 is 16.5 Å². The zero-order chi connectivity index (χ0) is 13.9. The molecule has 3 rings (SSSR count). The number of aryl methyl sites for hydroxylation is 1. The van der Waals surface area contributed by atoms with Crippen LogP contribution in [0.4, 0.5) is 5.00 Å². The number of nitriles is 1. The first-order valence-corrected chi connectivity index (χ1v) is 7.58. The van der Waals surface area contributed by atoms with Crippen LogP contribution < -0.4 is 4.90 Å². The summed E-state index contributed by atoms with van der Waals surface area (Å²) >= 11 is 1.45. The van der Waals surface area contributed by atoms with E-state index >= 15 is 0 Å². The van der Waals surface area contributed by atoms with E-state index in [1.54, 1.807) is 0 Å². The third kappa shape index (κ3) is 2.39. The number of rotatable bonds is 2. The Labute approximate surface area is 122 Å². The van der Waals surface area contributed by atoms with E-state index in [-0.39, 0.29) is 0 Å². The molecule has 0 aliphatic carbocycles. The Bertz CT molecular complexity index is 629. The Balaban J connectivity index is 1.84. The van der Waals surface area contributed by atoms with E-state index in [1.165, 1.54) is 23.5 Å². The maximum atomic E-state index is 9.28. The van der Waals surface area contributed by atoms with Crippen molar-refractivity contribution in [3.05, 3.63) is 41.3 Å². The van der Waals surface area contributed by atoms with Crippen LogP contribution >= 0.6 is 11.5 Å². The van der Waals surface area contributed by atoms with Crippen molar-refractivity contribution in [3.8, 4) is 6.07 Å². The predicted molar refractivity (Wildman–Crippen MR) is 80.0 cm³/mol. The fraction of sp³-hybridized carbons (Fsp3) is 0.400. The summed E-state index contributed by atoms with van der Waals surface area (Å²) in [6.07, 6.45) is 6.05. The van der Waals surface area contributed by atoms with Crippen LogP contribution in [0.3, 0.4) is 0 Å². The van der Waals surface area contributed by atoms with Gasteiger partial charge < -0.3 is 4.90 Å². The highest BCUT2D eigenvalue weighted by atomic mass is 32.1. The molecule has 3 heterocycles. The van der Waals surface area contributed by atoms with Gasteiger partial charge in [0.15, 0.2) is 0 Å². The van der Waals surface area contributed by atoms with Crippen LogP contribution in [0.25, 0.3) is 0 Å². The Hall–Kier alpha value is -1.93. The smallest absolute Gasteiger partial charge is 0.130 e. The Kier molecular flexibility index (Phi) is 3.66. The topological polar surface area (TPSA) is 52.8 Å². The quantitative estimate of drug-likeness (QED) is 0.850. The number of piperidine rings is 1. The maximum absolute atomic E-state index is 9.28. The van der Waals surface area contributed by atoms with Gasteiger partial charge in [-0.3, -0.25) is 4.98 Å². The van der Waals surface area contributed by atoms with Gasteiger partial charge in [-0.05, 0) is 49.0 Å². The molecule has 2 aromatic rings. The SMILES string of the molecule is Cc1nsc(N2CCCC(c3ccncc3)C2)c1C#N. The average molecular weight is 284 g/mol. The molecule has 0 radical (unpaired) electrons. The van der Waals surface area contributed by atoms with E-state index in [2.05, 4.69) is 32.5 Å². The van der Waals surface area contributed by atoms with Gasteiger partial charge in [0, 0.05) is 31.4 Å². The molecule has 1 unspecified atom stereocenters. The summed E-state index contributed by atoms with van der Waals surface area (Å²) in [6, 6.07) is 6.48. The van der Waals surface area contributed by atoms with Gasteiger partial charge in [-0.25, -0.2) is 0 Å². The molecule has 5 heteroatoms. The maximum Gasteiger partial charge on any atom is 0.130 e. The molecule has 4 nitrogen and oxygen atoms in total. The van der Waals surface area contributed by atoms with Gasteiger partial charge in [-0.15, -0.1) is 0 Å². The first kappa shape index (κ1) is 13.1. The second kappa shape index (κ2) is 5.59. The highest BCUT2D eigenvalue weighted by Gasteiger charge is 2.25. The van der Waals surface area contributed by atoms with Gasteiger partial charge >= 0.3 is 0 Å². The van der Waals surface area contributed by atoms with Crippen LogP contribution in [0.1, 0.15) is 35.6 Å². The lowest BCUT2D eigenvalue weighted by molar-refractivity contribution is 0.511. The first-order chi connectivity index (χ1) is 9.79. The van der Waals surface area contributed by atoms with Gasteiger partial charge in [0.05, 0.1) is 5.69 Å². The summed E-state index contributed by atoms with van der Waals surface area (Å²) < 4.78 is 4.33. The van der Waals surface area contributed by atoms with E-state index in [9.17, 15) is 5.26 Å². The van der Waals surface area contributed by atoms with Crippen molar-refractivity contribution in [2.75, 3.05) is 18.0 Å². The van der Waals surface area contributed by atoms with Gasteiger partial charge in [0.2, 0.25) is 0 Å². The summed E-state index contributed by atoms with van der Waals surface area (Å²) in [6.45, 7) is 3.88. The van der Waals surface area contributed by atoms with E-state index < -0.39 is 0 Å². The molecular formula is C15H16N4S. The molecule has 1 fully saturated rings. The van der Waals surface area contributed by atoms with Gasteiger partial charge in [0.25, 0.3) is 0 Å². The second-order valence-electron chi connectivity index (χ2n) is 5.13. The Morgan fingerprint density at radius 2 is 2.20 bits per heavy atom. The molecule has 1 saturated heterocycles. The molecule has 1 aliphatic rings. The minimum absolute atomic E-state index is 0.515. The van der Waals surface area contributed by atoms with Crippen LogP contribution in [0.15, 0.2) is 24.5 Å². The van der Waals surface area contributed by atoms with Gasteiger partial charge in [0.1, 0.15) is 16.6 Å². The molecule has 102 valence electrons. The zero-order valence-electron chi connectivity index (χ0n) is 11.4. The molecule has 0 amide bonds. The number of hydrogen-bond donors (Lipinski definition) is 0. The third-order valence-corrected chi connectivity index (χ3v) is 4.84. The number of hydrogen-bond acceptors (Lipinski definition) is 5. The van der Waals surface area contributed by atoms with Crippen LogP contribution in [-0.2, 0) is 0 Å². The second-order valence-corrected chi connectivity index (χ2v) is 5.88. The molecule has 1 atom stereocenters. The lowest BCUT2D eigenvalue weighted by atomic mass is 9.91. The minimum atomic E-state index is 0.515. The molecule has 0 aromatic carbocycles. The average Bonchev–Trinajstić information content (AvgIpc) is 2.89.